The molecule has 0 saturated carbocycles. The Bertz CT molecular complexity index is 927. The zero-order chi connectivity index (χ0) is 20.0. The fourth-order valence-corrected chi connectivity index (χ4v) is 4.96. The molecule has 150 valence electrons. The molecule has 1 fully saturated rings. The third kappa shape index (κ3) is 5.56. The van der Waals surface area contributed by atoms with Crippen molar-refractivity contribution in [1.82, 2.24) is 4.31 Å². The summed E-state index contributed by atoms with van der Waals surface area (Å²) >= 11 is 3.38. The predicted molar refractivity (Wildman–Crippen MR) is 112 cm³/mol. The van der Waals surface area contributed by atoms with Gasteiger partial charge in [0.2, 0.25) is 15.9 Å². The molecule has 8 heteroatoms. The highest BCUT2D eigenvalue weighted by molar-refractivity contribution is 9.10. The summed E-state index contributed by atoms with van der Waals surface area (Å²) in [4.78, 5) is 12.4. The van der Waals surface area contributed by atoms with Crippen LogP contribution in [0, 0.1) is 0 Å². The van der Waals surface area contributed by atoms with E-state index in [0.717, 1.165) is 23.1 Å². The van der Waals surface area contributed by atoms with Crippen molar-refractivity contribution in [3.63, 3.8) is 0 Å². The van der Waals surface area contributed by atoms with Crippen LogP contribution in [0.4, 0.5) is 5.69 Å². The quantitative estimate of drug-likeness (QED) is 0.595. The molecule has 0 aliphatic carbocycles. The normalized spacial score (nSPS) is 14.8. The van der Waals surface area contributed by atoms with Gasteiger partial charge in [0.25, 0.3) is 0 Å². The van der Waals surface area contributed by atoms with Crippen molar-refractivity contribution in [2.45, 2.75) is 30.6 Å². The lowest BCUT2D eigenvalue weighted by Gasteiger charge is -2.16. The lowest BCUT2D eigenvalue weighted by atomic mass is 10.2. The summed E-state index contributed by atoms with van der Waals surface area (Å²) in [6.45, 7) is 1.53. The molecule has 0 spiro atoms. The molecule has 0 atom stereocenters. The Balaban J connectivity index is 1.50. The number of amides is 1. The Morgan fingerprint density at radius 1 is 1.11 bits per heavy atom. The van der Waals surface area contributed by atoms with Crippen molar-refractivity contribution in [3.8, 4) is 5.75 Å². The summed E-state index contributed by atoms with van der Waals surface area (Å²) in [7, 11) is -3.49. The van der Waals surface area contributed by atoms with E-state index < -0.39 is 10.0 Å². The first-order valence-electron chi connectivity index (χ1n) is 9.23. The SMILES string of the molecule is O=C(CCCOc1cccc(Br)c1)Nc1cccc(S(=O)(=O)N2CCCC2)c1. The van der Waals surface area contributed by atoms with E-state index >= 15 is 0 Å². The smallest absolute Gasteiger partial charge is 0.243 e. The molecule has 1 saturated heterocycles. The fourth-order valence-electron chi connectivity index (χ4n) is 3.01. The minimum atomic E-state index is -3.49. The lowest BCUT2D eigenvalue weighted by Crippen LogP contribution is -2.27. The van der Waals surface area contributed by atoms with Gasteiger partial charge in [-0.25, -0.2) is 8.42 Å². The first-order valence-corrected chi connectivity index (χ1v) is 11.5. The molecule has 1 N–H and O–H groups in total. The molecular formula is C20H23BrN2O4S. The Morgan fingerprint density at radius 2 is 1.86 bits per heavy atom. The van der Waals surface area contributed by atoms with E-state index in [1.165, 1.54) is 10.4 Å². The van der Waals surface area contributed by atoms with Crippen molar-refractivity contribution in [2.24, 2.45) is 0 Å². The average molecular weight is 467 g/mol. The zero-order valence-corrected chi connectivity index (χ0v) is 17.8. The molecule has 0 radical (unpaired) electrons. The molecule has 1 aliphatic rings. The number of nitrogens with zero attached hydrogens (tertiary/aromatic N) is 1. The molecule has 1 heterocycles. The molecular weight excluding hydrogens is 444 g/mol. The Kier molecular flexibility index (Phi) is 7.09. The maximum absolute atomic E-state index is 12.6. The molecule has 1 amide bonds. The molecule has 0 aromatic heterocycles. The number of hydrogen-bond acceptors (Lipinski definition) is 4. The summed E-state index contributed by atoms with van der Waals surface area (Å²) in [5, 5.41) is 2.77. The number of rotatable bonds is 8. The summed E-state index contributed by atoms with van der Waals surface area (Å²) in [6, 6.07) is 13.9. The second-order valence-corrected chi connectivity index (χ2v) is 9.45. The third-order valence-electron chi connectivity index (χ3n) is 4.43. The highest BCUT2D eigenvalue weighted by Crippen LogP contribution is 2.23. The van der Waals surface area contributed by atoms with Crippen LogP contribution in [0.3, 0.4) is 0 Å². The summed E-state index contributed by atoms with van der Waals surface area (Å²) in [5.74, 6) is 0.572. The van der Waals surface area contributed by atoms with E-state index in [9.17, 15) is 13.2 Å². The summed E-state index contributed by atoms with van der Waals surface area (Å²) in [6.07, 6.45) is 2.62. The topological polar surface area (TPSA) is 75.7 Å². The van der Waals surface area contributed by atoms with Crippen molar-refractivity contribution in [3.05, 3.63) is 53.0 Å². The maximum atomic E-state index is 12.6. The van der Waals surface area contributed by atoms with Gasteiger partial charge in [0.05, 0.1) is 11.5 Å². The Morgan fingerprint density at radius 3 is 2.61 bits per heavy atom. The van der Waals surface area contributed by atoms with Gasteiger partial charge in [0.1, 0.15) is 5.75 Å². The number of halogens is 1. The van der Waals surface area contributed by atoms with Gasteiger partial charge >= 0.3 is 0 Å². The zero-order valence-electron chi connectivity index (χ0n) is 15.4. The number of hydrogen-bond donors (Lipinski definition) is 1. The van der Waals surface area contributed by atoms with Gasteiger partial charge in [-0.15, -0.1) is 0 Å². The molecule has 28 heavy (non-hydrogen) atoms. The van der Waals surface area contributed by atoms with Crippen LogP contribution in [-0.2, 0) is 14.8 Å². The van der Waals surface area contributed by atoms with Crippen LogP contribution in [0.25, 0.3) is 0 Å². The van der Waals surface area contributed by atoms with Gasteiger partial charge in [-0.05, 0) is 55.7 Å². The predicted octanol–water partition coefficient (Wildman–Crippen LogP) is 4.03. The minimum Gasteiger partial charge on any atom is -0.494 e. The second-order valence-electron chi connectivity index (χ2n) is 6.60. The lowest BCUT2D eigenvalue weighted by molar-refractivity contribution is -0.116. The number of anilines is 1. The molecule has 6 nitrogen and oxygen atoms in total. The van der Waals surface area contributed by atoms with Gasteiger partial charge in [-0.3, -0.25) is 4.79 Å². The van der Waals surface area contributed by atoms with Crippen LogP contribution >= 0.6 is 15.9 Å². The minimum absolute atomic E-state index is 0.173. The van der Waals surface area contributed by atoms with Crippen LogP contribution in [0.2, 0.25) is 0 Å². The van der Waals surface area contributed by atoms with Gasteiger partial charge in [-0.1, -0.05) is 28.1 Å². The second kappa shape index (κ2) is 9.54. The van der Waals surface area contributed by atoms with Gasteiger partial charge in [0.15, 0.2) is 0 Å². The fraction of sp³-hybridized carbons (Fsp3) is 0.350. The first kappa shape index (κ1) is 20.8. The van der Waals surface area contributed by atoms with Crippen molar-refractivity contribution < 1.29 is 17.9 Å². The number of carbonyl (C=O) groups is 1. The van der Waals surface area contributed by atoms with E-state index in [2.05, 4.69) is 21.2 Å². The number of ether oxygens (including phenoxy) is 1. The number of carbonyl (C=O) groups excluding carboxylic acids is 1. The van der Waals surface area contributed by atoms with Crippen LogP contribution in [0.5, 0.6) is 5.75 Å². The first-order chi connectivity index (χ1) is 13.4. The van der Waals surface area contributed by atoms with Crippen LogP contribution in [-0.4, -0.2) is 38.3 Å². The van der Waals surface area contributed by atoms with Gasteiger partial charge < -0.3 is 10.1 Å². The summed E-state index contributed by atoms with van der Waals surface area (Å²) in [5.41, 5.74) is 0.484. The van der Waals surface area contributed by atoms with Gasteiger partial charge in [-0.2, -0.15) is 4.31 Å². The van der Waals surface area contributed by atoms with Crippen LogP contribution in [0.15, 0.2) is 57.9 Å². The van der Waals surface area contributed by atoms with E-state index in [1.807, 2.05) is 24.3 Å². The van der Waals surface area contributed by atoms with Crippen molar-refractivity contribution in [2.75, 3.05) is 25.0 Å². The highest BCUT2D eigenvalue weighted by Gasteiger charge is 2.27. The van der Waals surface area contributed by atoms with E-state index in [4.69, 9.17) is 4.74 Å². The van der Waals surface area contributed by atoms with E-state index in [-0.39, 0.29) is 17.2 Å². The molecule has 1 aliphatic heterocycles. The molecule has 0 unspecified atom stereocenters. The number of nitrogens with one attached hydrogen (secondary N) is 1. The molecule has 2 aromatic rings. The standard InChI is InChI=1S/C20H23BrN2O4S/c21-16-6-3-8-18(14-16)27-13-5-10-20(24)22-17-7-4-9-19(15-17)28(25,26)23-11-1-2-12-23/h3-4,6-9,14-15H,1-2,5,10-13H2,(H,22,24). The largest absolute Gasteiger partial charge is 0.494 e. The van der Waals surface area contributed by atoms with Crippen LogP contribution in [0.1, 0.15) is 25.7 Å². The highest BCUT2D eigenvalue weighted by atomic mass is 79.9. The maximum Gasteiger partial charge on any atom is 0.243 e. The Labute approximate surface area is 174 Å². The number of sulfonamides is 1. The van der Waals surface area contributed by atoms with Crippen molar-refractivity contribution in [1.29, 1.82) is 0 Å². The Hall–Kier alpha value is -1.90. The van der Waals surface area contributed by atoms with E-state index in [0.29, 0.717) is 31.8 Å². The molecule has 3 rings (SSSR count). The van der Waals surface area contributed by atoms with Gasteiger partial charge in [0, 0.05) is 29.7 Å². The molecule has 0 bridgehead atoms. The van der Waals surface area contributed by atoms with Crippen LogP contribution < -0.4 is 10.1 Å². The average Bonchev–Trinajstić information content (AvgIpc) is 3.21. The molecule has 2 aromatic carbocycles. The number of benzene rings is 2. The van der Waals surface area contributed by atoms with Crippen molar-refractivity contribution >= 4 is 37.5 Å². The third-order valence-corrected chi connectivity index (χ3v) is 6.82. The monoisotopic (exact) mass is 466 g/mol. The summed E-state index contributed by atoms with van der Waals surface area (Å²) < 4.78 is 33.3. The van der Waals surface area contributed by atoms with E-state index in [1.54, 1.807) is 18.2 Å².